The van der Waals surface area contributed by atoms with Crippen LogP contribution in [0.2, 0.25) is 5.02 Å². The standard InChI is InChI=1S/C16H20ClN3O2/c17-13-4-1-3-12(9-13)16(5-6-16)11-19-14(21)10-20-8-2-7-18-15(20)22/h1,3-4,9H,2,5-8,10-11H2,(H,18,22)(H,19,21). The summed E-state index contributed by atoms with van der Waals surface area (Å²) in [5.41, 5.74) is 1.20. The molecular weight excluding hydrogens is 302 g/mol. The van der Waals surface area contributed by atoms with Crippen molar-refractivity contribution in [3.05, 3.63) is 34.9 Å². The summed E-state index contributed by atoms with van der Waals surface area (Å²) in [5, 5.41) is 6.44. The Kier molecular flexibility index (Phi) is 4.25. The first-order valence-electron chi connectivity index (χ1n) is 7.65. The number of nitrogens with one attached hydrogen (secondary N) is 2. The third kappa shape index (κ3) is 3.35. The Hall–Kier alpha value is -1.75. The molecular formula is C16H20ClN3O2. The number of nitrogens with zero attached hydrogens (tertiary/aromatic N) is 1. The first-order chi connectivity index (χ1) is 10.6. The third-order valence-electron chi connectivity index (χ3n) is 4.42. The highest BCUT2D eigenvalue weighted by atomic mass is 35.5. The molecule has 1 aromatic rings. The summed E-state index contributed by atoms with van der Waals surface area (Å²) in [7, 11) is 0. The maximum absolute atomic E-state index is 12.1. The largest absolute Gasteiger partial charge is 0.354 e. The highest BCUT2D eigenvalue weighted by Crippen LogP contribution is 2.48. The molecule has 0 unspecified atom stereocenters. The van der Waals surface area contributed by atoms with Crippen molar-refractivity contribution < 1.29 is 9.59 Å². The molecule has 1 saturated heterocycles. The second-order valence-corrected chi connectivity index (χ2v) is 6.51. The number of hydrogen-bond acceptors (Lipinski definition) is 2. The number of rotatable bonds is 5. The van der Waals surface area contributed by atoms with Crippen LogP contribution in [0, 0.1) is 0 Å². The number of benzene rings is 1. The van der Waals surface area contributed by atoms with Gasteiger partial charge in [0.05, 0.1) is 0 Å². The van der Waals surface area contributed by atoms with E-state index < -0.39 is 0 Å². The molecule has 1 heterocycles. The Morgan fingerprint density at radius 3 is 2.91 bits per heavy atom. The van der Waals surface area contributed by atoms with Crippen molar-refractivity contribution >= 4 is 23.5 Å². The molecule has 1 aromatic carbocycles. The van der Waals surface area contributed by atoms with Gasteiger partial charge in [0, 0.05) is 30.1 Å². The summed E-state index contributed by atoms with van der Waals surface area (Å²) in [6.07, 6.45) is 2.99. The highest BCUT2D eigenvalue weighted by molar-refractivity contribution is 6.30. The molecule has 0 atom stereocenters. The van der Waals surface area contributed by atoms with Crippen LogP contribution in [0.4, 0.5) is 4.79 Å². The van der Waals surface area contributed by atoms with Crippen molar-refractivity contribution in [2.75, 3.05) is 26.2 Å². The molecule has 1 saturated carbocycles. The van der Waals surface area contributed by atoms with E-state index in [-0.39, 0.29) is 23.9 Å². The molecule has 3 amide bonds. The lowest BCUT2D eigenvalue weighted by atomic mass is 9.96. The zero-order chi connectivity index (χ0) is 15.6. The van der Waals surface area contributed by atoms with Crippen molar-refractivity contribution in [2.45, 2.75) is 24.7 Å². The smallest absolute Gasteiger partial charge is 0.317 e. The van der Waals surface area contributed by atoms with E-state index in [4.69, 9.17) is 11.6 Å². The van der Waals surface area contributed by atoms with Gasteiger partial charge in [-0.25, -0.2) is 4.79 Å². The summed E-state index contributed by atoms with van der Waals surface area (Å²) >= 11 is 6.05. The normalized spacial score (nSPS) is 19.5. The minimum atomic E-state index is -0.155. The SMILES string of the molecule is O=C(CN1CCCNC1=O)NCC1(c2cccc(Cl)c2)CC1. The Balaban J connectivity index is 1.53. The van der Waals surface area contributed by atoms with E-state index in [1.54, 1.807) is 4.90 Å². The molecule has 5 nitrogen and oxygen atoms in total. The van der Waals surface area contributed by atoms with Crippen LogP contribution in [0.5, 0.6) is 0 Å². The van der Waals surface area contributed by atoms with Gasteiger partial charge in [0.25, 0.3) is 0 Å². The Morgan fingerprint density at radius 1 is 1.41 bits per heavy atom. The molecule has 2 fully saturated rings. The quantitative estimate of drug-likeness (QED) is 0.870. The predicted octanol–water partition coefficient (Wildman–Crippen LogP) is 1.90. The van der Waals surface area contributed by atoms with Gasteiger partial charge in [-0.05, 0) is 37.0 Å². The Morgan fingerprint density at radius 2 is 2.23 bits per heavy atom. The van der Waals surface area contributed by atoms with Gasteiger partial charge >= 0.3 is 6.03 Å². The average Bonchev–Trinajstić information content (AvgIpc) is 3.29. The summed E-state index contributed by atoms with van der Waals surface area (Å²) in [6, 6.07) is 7.67. The average molecular weight is 322 g/mol. The highest BCUT2D eigenvalue weighted by Gasteiger charge is 2.44. The van der Waals surface area contributed by atoms with E-state index in [2.05, 4.69) is 16.7 Å². The Bertz CT molecular complexity index is 587. The zero-order valence-electron chi connectivity index (χ0n) is 12.4. The topological polar surface area (TPSA) is 61.4 Å². The minimum absolute atomic E-state index is 0.0186. The van der Waals surface area contributed by atoms with Gasteiger partial charge in [0.1, 0.15) is 6.54 Å². The van der Waals surface area contributed by atoms with Crippen LogP contribution in [0.3, 0.4) is 0 Å². The number of halogens is 1. The molecule has 1 aliphatic heterocycles. The van der Waals surface area contributed by atoms with E-state index in [0.29, 0.717) is 19.6 Å². The van der Waals surface area contributed by atoms with Gasteiger partial charge in [0.2, 0.25) is 5.91 Å². The van der Waals surface area contributed by atoms with Crippen LogP contribution in [0.15, 0.2) is 24.3 Å². The van der Waals surface area contributed by atoms with Crippen molar-refractivity contribution in [2.24, 2.45) is 0 Å². The fourth-order valence-corrected chi connectivity index (χ4v) is 3.05. The number of carbonyl (C=O) groups excluding carboxylic acids is 2. The van der Waals surface area contributed by atoms with Crippen molar-refractivity contribution in [3.63, 3.8) is 0 Å². The second-order valence-electron chi connectivity index (χ2n) is 6.07. The molecule has 1 aliphatic carbocycles. The van der Waals surface area contributed by atoms with E-state index >= 15 is 0 Å². The molecule has 6 heteroatoms. The molecule has 2 aliphatic rings. The molecule has 0 bridgehead atoms. The van der Waals surface area contributed by atoms with E-state index in [1.165, 1.54) is 5.56 Å². The van der Waals surface area contributed by atoms with Crippen LogP contribution >= 0.6 is 11.6 Å². The maximum atomic E-state index is 12.1. The molecule has 0 spiro atoms. The fourth-order valence-electron chi connectivity index (χ4n) is 2.86. The lowest BCUT2D eigenvalue weighted by Gasteiger charge is -2.27. The van der Waals surface area contributed by atoms with E-state index in [9.17, 15) is 9.59 Å². The summed E-state index contributed by atoms with van der Waals surface area (Å²) in [5.74, 6) is -0.106. The minimum Gasteiger partial charge on any atom is -0.354 e. The molecule has 2 N–H and O–H groups in total. The van der Waals surface area contributed by atoms with Crippen LogP contribution in [-0.4, -0.2) is 43.0 Å². The Labute approximate surface area is 135 Å². The summed E-state index contributed by atoms with van der Waals surface area (Å²) < 4.78 is 0. The summed E-state index contributed by atoms with van der Waals surface area (Å²) in [4.78, 5) is 25.2. The molecule has 118 valence electrons. The fraction of sp³-hybridized carbons (Fsp3) is 0.500. The van der Waals surface area contributed by atoms with Crippen LogP contribution < -0.4 is 10.6 Å². The van der Waals surface area contributed by atoms with Crippen LogP contribution in [0.25, 0.3) is 0 Å². The van der Waals surface area contributed by atoms with Gasteiger partial charge < -0.3 is 15.5 Å². The van der Waals surface area contributed by atoms with Crippen molar-refractivity contribution in [1.82, 2.24) is 15.5 Å². The van der Waals surface area contributed by atoms with Gasteiger partial charge in [-0.1, -0.05) is 23.7 Å². The number of hydrogen-bond donors (Lipinski definition) is 2. The van der Waals surface area contributed by atoms with Crippen LogP contribution in [-0.2, 0) is 10.2 Å². The number of amides is 3. The van der Waals surface area contributed by atoms with E-state index in [0.717, 1.165) is 24.3 Å². The van der Waals surface area contributed by atoms with Crippen molar-refractivity contribution in [3.8, 4) is 0 Å². The van der Waals surface area contributed by atoms with Crippen molar-refractivity contribution in [1.29, 1.82) is 0 Å². The molecule has 0 radical (unpaired) electrons. The monoisotopic (exact) mass is 321 g/mol. The zero-order valence-corrected chi connectivity index (χ0v) is 13.2. The van der Waals surface area contributed by atoms with Gasteiger partial charge in [0.15, 0.2) is 0 Å². The first-order valence-corrected chi connectivity index (χ1v) is 8.02. The predicted molar refractivity (Wildman–Crippen MR) is 85.0 cm³/mol. The molecule has 0 aromatic heterocycles. The number of urea groups is 1. The van der Waals surface area contributed by atoms with Gasteiger partial charge in [-0.3, -0.25) is 4.79 Å². The first kappa shape index (κ1) is 15.2. The van der Waals surface area contributed by atoms with E-state index in [1.807, 2.05) is 18.2 Å². The molecule has 3 rings (SSSR count). The maximum Gasteiger partial charge on any atom is 0.317 e. The summed E-state index contributed by atoms with van der Waals surface area (Å²) in [6.45, 7) is 2.05. The lowest BCUT2D eigenvalue weighted by Crippen LogP contribution is -2.50. The second kappa shape index (κ2) is 6.16. The number of carbonyl (C=O) groups is 2. The van der Waals surface area contributed by atoms with Gasteiger partial charge in [-0.2, -0.15) is 0 Å². The lowest BCUT2D eigenvalue weighted by molar-refractivity contribution is -0.121. The van der Waals surface area contributed by atoms with Crippen LogP contribution in [0.1, 0.15) is 24.8 Å². The van der Waals surface area contributed by atoms with Gasteiger partial charge in [-0.15, -0.1) is 0 Å². The third-order valence-corrected chi connectivity index (χ3v) is 4.65. The molecule has 22 heavy (non-hydrogen) atoms.